The number of benzene rings is 1. The molecule has 2 aromatic rings. The summed E-state index contributed by atoms with van der Waals surface area (Å²) in [4.78, 5) is 18.8. The molecule has 2 atom stereocenters. The summed E-state index contributed by atoms with van der Waals surface area (Å²) in [6, 6.07) is 5.97. The summed E-state index contributed by atoms with van der Waals surface area (Å²) in [7, 11) is 3.63. The number of alkyl halides is 2. The lowest BCUT2D eigenvalue weighted by Gasteiger charge is -2.32. The van der Waals surface area contributed by atoms with Gasteiger partial charge in [-0.2, -0.15) is 0 Å². The number of hydrogen-bond donors (Lipinski definition) is 2. The molecule has 3 rings (SSSR count). The average Bonchev–Trinajstić information content (AvgIpc) is 3.57. The van der Waals surface area contributed by atoms with E-state index in [1.54, 1.807) is 24.5 Å². The number of phenolic OH excluding ortho intramolecular Hbond substituents is 1. The third kappa shape index (κ3) is 5.61. The SMILES string of the molecule is CN(C)[C@H](CNC(=O)C[C@H](c1cccnc1)C1(C(C)(F)F)CC1)Cc1ccc(O)c(F)c1Cl. The number of aromatic nitrogens is 1. The normalized spacial score (nSPS) is 17.0. The third-order valence-electron chi connectivity index (χ3n) is 6.67. The molecule has 0 spiro atoms. The van der Waals surface area contributed by atoms with E-state index in [2.05, 4.69) is 10.3 Å². The number of nitrogens with zero attached hydrogens (tertiary/aromatic N) is 2. The summed E-state index contributed by atoms with van der Waals surface area (Å²) in [5.41, 5.74) is -0.122. The largest absolute Gasteiger partial charge is 0.505 e. The highest BCUT2D eigenvalue weighted by atomic mass is 35.5. The maximum atomic E-state index is 14.5. The quantitative estimate of drug-likeness (QED) is 0.510. The molecule has 0 saturated heterocycles. The Morgan fingerprint density at radius 1 is 1.33 bits per heavy atom. The molecule has 1 heterocycles. The second kappa shape index (κ2) is 9.89. The molecule has 1 saturated carbocycles. The topological polar surface area (TPSA) is 65.5 Å². The van der Waals surface area contributed by atoms with Gasteiger partial charge in [-0.25, -0.2) is 13.2 Å². The van der Waals surface area contributed by atoms with Crippen LogP contribution in [0.4, 0.5) is 13.2 Å². The maximum Gasteiger partial charge on any atom is 0.251 e. The first-order valence-corrected chi connectivity index (χ1v) is 11.2. The molecule has 5 nitrogen and oxygen atoms in total. The molecule has 0 unspecified atom stereocenters. The monoisotopic (exact) mass is 483 g/mol. The summed E-state index contributed by atoms with van der Waals surface area (Å²) in [5, 5.41) is 12.2. The maximum absolute atomic E-state index is 14.5. The zero-order valence-corrected chi connectivity index (χ0v) is 19.7. The van der Waals surface area contributed by atoms with Gasteiger partial charge in [0, 0.05) is 42.7 Å². The van der Waals surface area contributed by atoms with Gasteiger partial charge in [-0.3, -0.25) is 9.78 Å². The number of pyridine rings is 1. The summed E-state index contributed by atoms with van der Waals surface area (Å²) < 4.78 is 42.9. The fourth-order valence-corrected chi connectivity index (χ4v) is 4.60. The fraction of sp³-hybridized carbons (Fsp3) is 0.500. The zero-order chi connectivity index (χ0) is 24.4. The Bertz CT molecular complexity index is 979. The molecule has 1 amide bonds. The van der Waals surface area contributed by atoms with Crippen LogP contribution in [0.25, 0.3) is 0 Å². The molecular weight excluding hydrogens is 455 g/mol. The highest BCUT2D eigenvalue weighted by molar-refractivity contribution is 6.31. The minimum atomic E-state index is -2.92. The second-order valence-corrected chi connectivity index (χ2v) is 9.46. The van der Waals surface area contributed by atoms with Gasteiger partial charge in [-0.15, -0.1) is 0 Å². The molecule has 33 heavy (non-hydrogen) atoms. The summed E-state index contributed by atoms with van der Waals surface area (Å²) in [6.07, 6.45) is 4.08. The summed E-state index contributed by atoms with van der Waals surface area (Å²) in [5.74, 6) is -5.31. The number of hydrogen-bond acceptors (Lipinski definition) is 4. The number of likely N-dealkylation sites (N-methyl/N-ethyl adjacent to an activating group) is 1. The van der Waals surface area contributed by atoms with E-state index in [0.717, 1.165) is 6.92 Å². The van der Waals surface area contributed by atoms with Crippen LogP contribution in [-0.2, 0) is 11.2 Å². The number of aromatic hydroxyl groups is 1. The molecule has 1 fully saturated rings. The minimum absolute atomic E-state index is 0.0795. The van der Waals surface area contributed by atoms with E-state index < -0.39 is 28.8 Å². The Morgan fingerprint density at radius 3 is 2.58 bits per heavy atom. The Balaban J connectivity index is 1.70. The van der Waals surface area contributed by atoms with Crippen LogP contribution >= 0.6 is 11.6 Å². The molecule has 1 aromatic heterocycles. The van der Waals surface area contributed by atoms with Crippen molar-refractivity contribution in [1.29, 1.82) is 0 Å². The summed E-state index contributed by atoms with van der Waals surface area (Å²) in [6.45, 7) is 1.14. The first-order valence-electron chi connectivity index (χ1n) is 10.8. The number of rotatable bonds is 10. The van der Waals surface area contributed by atoms with E-state index in [9.17, 15) is 23.1 Å². The van der Waals surface area contributed by atoms with Gasteiger partial charge in [-0.1, -0.05) is 23.7 Å². The van der Waals surface area contributed by atoms with E-state index >= 15 is 0 Å². The van der Waals surface area contributed by atoms with E-state index in [1.807, 2.05) is 19.0 Å². The van der Waals surface area contributed by atoms with Crippen LogP contribution in [0.2, 0.25) is 5.02 Å². The van der Waals surface area contributed by atoms with Gasteiger partial charge in [0.25, 0.3) is 5.92 Å². The van der Waals surface area contributed by atoms with Gasteiger partial charge in [0.05, 0.1) is 5.02 Å². The average molecular weight is 484 g/mol. The first-order chi connectivity index (χ1) is 15.5. The molecule has 0 radical (unpaired) electrons. The van der Waals surface area contributed by atoms with Crippen LogP contribution in [0, 0.1) is 11.2 Å². The fourth-order valence-electron chi connectivity index (χ4n) is 4.36. The van der Waals surface area contributed by atoms with Gasteiger partial charge in [0.15, 0.2) is 11.6 Å². The van der Waals surface area contributed by atoms with E-state index in [-0.39, 0.29) is 29.9 Å². The van der Waals surface area contributed by atoms with E-state index in [1.165, 1.54) is 12.1 Å². The smallest absolute Gasteiger partial charge is 0.251 e. The highest BCUT2D eigenvalue weighted by Gasteiger charge is 2.63. The Hall–Kier alpha value is -2.32. The number of carbonyl (C=O) groups excluding carboxylic acids is 1. The van der Waals surface area contributed by atoms with Crippen LogP contribution in [0.1, 0.15) is 43.2 Å². The number of nitrogens with one attached hydrogen (secondary N) is 1. The van der Waals surface area contributed by atoms with Gasteiger partial charge in [0.2, 0.25) is 5.91 Å². The van der Waals surface area contributed by atoms with E-state index in [0.29, 0.717) is 30.4 Å². The first kappa shape index (κ1) is 25.3. The third-order valence-corrected chi connectivity index (χ3v) is 7.08. The predicted octanol–water partition coefficient (Wildman–Crippen LogP) is 4.78. The van der Waals surface area contributed by atoms with E-state index in [4.69, 9.17) is 11.6 Å². The predicted molar refractivity (Wildman–Crippen MR) is 121 cm³/mol. The molecule has 180 valence electrons. The minimum Gasteiger partial charge on any atom is -0.505 e. The van der Waals surface area contributed by atoms with Crippen molar-refractivity contribution in [3.63, 3.8) is 0 Å². The molecule has 2 N–H and O–H groups in total. The molecule has 9 heteroatoms. The van der Waals surface area contributed by atoms with Crippen LogP contribution in [0.15, 0.2) is 36.7 Å². The molecule has 1 aliphatic rings. The van der Waals surface area contributed by atoms with Crippen molar-refractivity contribution in [2.75, 3.05) is 20.6 Å². The highest BCUT2D eigenvalue weighted by Crippen LogP contribution is 2.65. The Labute approximate surface area is 197 Å². The van der Waals surface area contributed by atoms with Crippen molar-refractivity contribution >= 4 is 17.5 Å². The molecular formula is C24H29ClF3N3O2. The van der Waals surface area contributed by atoms with Gasteiger partial charge < -0.3 is 15.3 Å². The van der Waals surface area contributed by atoms with Crippen molar-refractivity contribution in [2.24, 2.45) is 5.41 Å². The second-order valence-electron chi connectivity index (χ2n) is 9.08. The van der Waals surface area contributed by atoms with Crippen molar-refractivity contribution < 1.29 is 23.1 Å². The van der Waals surface area contributed by atoms with Crippen molar-refractivity contribution in [2.45, 2.75) is 50.5 Å². The van der Waals surface area contributed by atoms with Gasteiger partial charge >= 0.3 is 0 Å². The number of amides is 1. The molecule has 1 aliphatic carbocycles. The molecule has 0 bridgehead atoms. The zero-order valence-electron chi connectivity index (χ0n) is 18.9. The lowest BCUT2D eigenvalue weighted by molar-refractivity contribution is -0.123. The number of phenols is 1. The van der Waals surface area contributed by atoms with Crippen molar-refractivity contribution in [3.8, 4) is 5.75 Å². The van der Waals surface area contributed by atoms with Crippen LogP contribution in [0.5, 0.6) is 5.75 Å². The molecule has 1 aromatic carbocycles. The number of carbonyl (C=O) groups is 1. The van der Waals surface area contributed by atoms with Crippen LogP contribution < -0.4 is 5.32 Å². The van der Waals surface area contributed by atoms with Crippen LogP contribution in [0.3, 0.4) is 0 Å². The Kier molecular flexibility index (Phi) is 7.59. The Morgan fingerprint density at radius 2 is 2.03 bits per heavy atom. The van der Waals surface area contributed by atoms with Gasteiger partial charge in [-0.05, 0) is 63.5 Å². The lowest BCUT2D eigenvalue weighted by atomic mass is 9.77. The lowest BCUT2D eigenvalue weighted by Crippen LogP contribution is -2.43. The standard InChI is InChI=1S/C24H29ClF3N3O2/c1-23(27,28)24(8-9-24)18(16-5-4-10-29-13-16)12-20(33)30-14-17(31(2)3)11-15-6-7-19(32)22(26)21(15)25/h4-7,10,13,17-18,32H,8-9,11-12,14H2,1-3H3,(H,30,33)/t17-,18+/m0/s1. The van der Waals surface area contributed by atoms with Crippen molar-refractivity contribution in [3.05, 3.63) is 58.6 Å². The van der Waals surface area contributed by atoms with Crippen molar-refractivity contribution in [1.82, 2.24) is 15.2 Å². The molecule has 0 aliphatic heterocycles. The van der Waals surface area contributed by atoms with Crippen LogP contribution in [-0.4, -0.2) is 53.5 Å². The van der Waals surface area contributed by atoms with Gasteiger partial charge in [0.1, 0.15) is 0 Å². The number of halogens is 4. The summed E-state index contributed by atoms with van der Waals surface area (Å²) >= 11 is 6.03.